The van der Waals surface area contributed by atoms with Gasteiger partial charge in [0.25, 0.3) is 5.91 Å². The van der Waals surface area contributed by atoms with E-state index < -0.39 is 0 Å². The van der Waals surface area contributed by atoms with Gasteiger partial charge in [-0.1, -0.05) is 0 Å². The lowest BCUT2D eigenvalue weighted by molar-refractivity contribution is 0.0763. The van der Waals surface area contributed by atoms with Gasteiger partial charge in [-0.15, -0.1) is 0 Å². The molecule has 102 valence electrons. The molecule has 0 saturated carbocycles. The number of amides is 1. The molecule has 1 saturated heterocycles. The Bertz CT molecular complexity index is 486. The van der Waals surface area contributed by atoms with Gasteiger partial charge in [-0.3, -0.25) is 4.79 Å². The third-order valence-corrected chi connectivity index (χ3v) is 4.07. The topological polar surface area (TPSA) is 35.6 Å². The first-order valence-electron chi connectivity index (χ1n) is 7.08. The van der Waals surface area contributed by atoms with Crippen molar-refractivity contribution in [3.05, 3.63) is 29.3 Å². The highest BCUT2D eigenvalue weighted by atomic mass is 16.2. The number of anilines is 1. The molecule has 0 bridgehead atoms. The third kappa shape index (κ3) is 2.59. The van der Waals surface area contributed by atoms with E-state index in [4.69, 9.17) is 0 Å². The summed E-state index contributed by atoms with van der Waals surface area (Å²) in [5.74, 6) is 0.185. The van der Waals surface area contributed by atoms with E-state index in [1.807, 2.05) is 17.0 Å². The molecule has 2 heterocycles. The van der Waals surface area contributed by atoms with E-state index in [2.05, 4.69) is 23.3 Å². The highest BCUT2D eigenvalue weighted by Gasteiger charge is 2.20. The molecule has 3 rings (SSSR count). The fourth-order valence-electron chi connectivity index (χ4n) is 2.87. The van der Waals surface area contributed by atoms with E-state index in [0.717, 1.165) is 51.1 Å². The standard InChI is InChI=1S/C15H21N3O/c1-17-7-2-8-18(10-9-17)15(19)13-3-4-14-12(11-13)5-6-16-14/h3-4,11,16H,2,5-10H2,1H3. The van der Waals surface area contributed by atoms with E-state index in [-0.39, 0.29) is 5.91 Å². The molecule has 0 aromatic heterocycles. The zero-order valence-corrected chi connectivity index (χ0v) is 11.5. The summed E-state index contributed by atoms with van der Waals surface area (Å²) in [7, 11) is 2.12. The van der Waals surface area contributed by atoms with Crippen LogP contribution in [0.3, 0.4) is 0 Å². The number of nitrogens with one attached hydrogen (secondary N) is 1. The Balaban J connectivity index is 1.76. The summed E-state index contributed by atoms with van der Waals surface area (Å²) in [4.78, 5) is 16.8. The Hall–Kier alpha value is -1.55. The van der Waals surface area contributed by atoms with Crippen LogP contribution < -0.4 is 5.32 Å². The van der Waals surface area contributed by atoms with Crippen molar-refractivity contribution in [3.63, 3.8) is 0 Å². The minimum atomic E-state index is 0.185. The fraction of sp³-hybridized carbons (Fsp3) is 0.533. The summed E-state index contributed by atoms with van der Waals surface area (Å²) in [6.45, 7) is 4.75. The normalized spacial score (nSPS) is 19.7. The fourth-order valence-corrected chi connectivity index (χ4v) is 2.87. The first-order valence-corrected chi connectivity index (χ1v) is 7.08. The van der Waals surface area contributed by atoms with Gasteiger partial charge in [0, 0.05) is 37.4 Å². The van der Waals surface area contributed by atoms with Crippen molar-refractivity contribution in [1.82, 2.24) is 9.80 Å². The number of rotatable bonds is 1. The van der Waals surface area contributed by atoms with Crippen LogP contribution in [0.5, 0.6) is 0 Å². The van der Waals surface area contributed by atoms with Gasteiger partial charge in [-0.25, -0.2) is 0 Å². The Labute approximate surface area is 114 Å². The minimum absolute atomic E-state index is 0.185. The molecule has 1 aromatic carbocycles. The summed E-state index contributed by atoms with van der Waals surface area (Å²) < 4.78 is 0. The molecule has 1 amide bonds. The molecule has 19 heavy (non-hydrogen) atoms. The highest BCUT2D eigenvalue weighted by Crippen LogP contribution is 2.23. The maximum absolute atomic E-state index is 12.5. The molecule has 1 N–H and O–H groups in total. The van der Waals surface area contributed by atoms with Crippen LogP contribution in [0.25, 0.3) is 0 Å². The number of fused-ring (bicyclic) bond motifs is 1. The van der Waals surface area contributed by atoms with Crippen LogP contribution in [-0.4, -0.2) is 55.5 Å². The van der Waals surface area contributed by atoms with Crippen LogP contribution in [-0.2, 0) is 6.42 Å². The Morgan fingerprint density at radius 1 is 1.21 bits per heavy atom. The van der Waals surface area contributed by atoms with Crippen molar-refractivity contribution in [3.8, 4) is 0 Å². The van der Waals surface area contributed by atoms with Crippen molar-refractivity contribution in [1.29, 1.82) is 0 Å². The molecule has 2 aliphatic rings. The van der Waals surface area contributed by atoms with E-state index in [9.17, 15) is 4.79 Å². The first-order chi connectivity index (χ1) is 9.24. The van der Waals surface area contributed by atoms with Crippen molar-refractivity contribution < 1.29 is 4.79 Å². The lowest BCUT2D eigenvalue weighted by Gasteiger charge is -2.21. The first kappa shape index (κ1) is 12.5. The molecular formula is C15H21N3O. The smallest absolute Gasteiger partial charge is 0.253 e. The van der Waals surface area contributed by atoms with Crippen LogP contribution in [0.1, 0.15) is 22.3 Å². The van der Waals surface area contributed by atoms with Gasteiger partial charge in [0.15, 0.2) is 0 Å². The van der Waals surface area contributed by atoms with Gasteiger partial charge < -0.3 is 15.1 Å². The quantitative estimate of drug-likeness (QED) is 0.829. The van der Waals surface area contributed by atoms with E-state index in [0.29, 0.717) is 0 Å². The maximum atomic E-state index is 12.5. The van der Waals surface area contributed by atoms with Crippen LogP contribution in [0, 0.1) is 0 Å². The average molecular weight is 259 g/mol. The number of likely N-dealkylation sites (N-methyl/N-ethyl adjacent to an activating group) is 1. The molecule has 0 unspecified atom stereocenters. The zero-order valence-electron chi connectivity index (χ0n) is 11.5. The second kappa shape index (κ2) is 5.21. The van der Waals surface area contributed by atoms with Gasteiger partial charge in [0.1, 0.15) is 0 Å². The predicted molar refractivity (Wildman–Crippen MR) is 76.7 cm³/mol. The Morgan fingerprint density at radius 2 is 2.11 bits per heavy atom. The molecule has 0 atom stereocenters. The largest absolute Gasteiger partial charge is 0.384 e. The molecule has 4 nitrogen and oxygen atoms in total. The Kier molecular flexibility index (Phi) is 3.42. The van der Waals surface area contributed by atoms with Crippen molar-refractivity contribution in [2.45, 2.75) is 12.8 Å². The van der Waals surface area contributed by atoms with Gasteiger partial charge in [-0.2, -0.15) is 0 Å². The third-order valence-electron chi connectivity index (χ3n) is 4.07. The lowest BCUT2D eigenvalue weighted by Crippen LogP contribution is -2.34. The second-order valence-electron chi connectivity index (χ2n) is 5.50. The van der Waals surface area contributed by atoms with E-state index in [1.54, 1.807) is 0 Å². The molecule has 2 aliphatic heterocycles. The lowest BCUT2D eigenvalue weighted by atomic mass is 10.1. The summed E-state index contributed by atoms with van der Waals surface area (Å²) in [5.41, 5.74) is 3.30. The number of carbonyl (C=O) groups excluding carboxylic acids is 1. The SMILES string of the molecule is CN1CCCN(C(=O)c2ccc3c(c2)CCN3)CC1. The average Bonchev–Trinajstić information content (AvgIpc) is 2.78. The minimum Gasteiger partial charge on any atom is -0.384 e. The molecule has 4 heteroatoms. The number of hydrogen-bond acceptors (Lipinski definition) is 3. The number of hydrogen-bond donors (Lipinski definition) is 1. The van der Waals surface area contributed by atoms with Gasteiger partial charge in [0.05, 0.1) is 0 Å². The summed E-state index contributed by atoms with van der Waals surface area (Å²) in [6.07, 6.45) is 2.09. The van der Waals surface area contributed by atoms with Crippen LogP contribution >= 0.6 is 0 Å². The summed E-state index contributed by atoms with van der Waals surface area (Å²) in [6, 6.07) is 6.06. The van der Waals surface area contributed by atoms with Crippen molar-refractivity contribution in [2.75, 3.05) is 45.1 Å². The maximum Gasteiger partial charge on any atom is 0.253 e. The van der Waals surface area contributed by atoms with Crippen LogP contribution in [0.15, 0.2) is 18.2 Å². The monoisotopic (exact) mass is 259 g/mol. The summed E-state index contributed by atoms with van der Waals surface area (Å²) >= 11 is 0. The second-order valence-corrected chi connectivity index (χ2v) is 5.50. The number of carbonyl (C=O) groups is 1. The molecular weight excluding hydrogens is 238 g/mol. The summed E-state index contributed by atoms with van der Waals surface area (Å²) in [5, 5.41) is 3.33. The molecule has 0 aliphatic carbocycles. The molecule has 1 fully saturated rings. The van der Waals surface area contributed by atoms with Gasteiger partial charge in [-0.05, 0) is 50.2 Å². The number of nitrogens with zero attached hydrogens (tertiary/aromatic N) is 2. The molecule has 0 radical (unpaired) electrons. The van der Waals surface area contributed by atoms with Gasteiger partial charge >= 0.3 is 0 Å². The number of benzene rings is 1. The van der Waals surface area contributed by atoms with E-state index in [1.165, 1.54) is 11.3 Å². The van der Waals surface area contributed by atoms with Crippen molar-refractivity contribution >= 4 is 11.6 Å². The van der Waals surface area contributed by atoms with Crippen LogP contribution in [0.4, 0.5) is 5.69 Å². The molecule has 1 aromatic rings. The predicted octanol–water partition coefficient (Wildman–Crippen LogP) is 1.43. The Morgan fingerprint density at radius 3 is 3.00 bits per heavy atom. The van der Waals surface area contributed by atoms with E-state index >= 15 is 0 Å². The highest BCUT2D eigenvalue weighted by molar-refractivity contribution is 5.95. The molecule has 0 spiro atoms. The zero-order chi connectivity index (χ0) is 13.2. The van der Waals surface area contributed by atoms with Crippen LogP contribution in [0.2, 0.25) is 0 Å². The van der Waals surface area contributed by atoms with Gasteiger partial charge in [0.2, 0.25) is 0 Å². The van der Waals surface area contributed by atoms with Crippen molar-refractivity contribution in [2.24, 2.45) is 0 Å².